The Morgan fingerprint density at radius 1 is 1.42 bits per heavy atom. The second kappa shape index (κ2) is 8.59. The van der Waals surface area contributed by atoms with Crippen LogP contribution in [0.3, 0.4) is 0 Å². The van der Waals surface area contributed by atoms with E-state index in [1.807, 2.05) is 37.3 Å². The van der Waals surface area contributed by atoms with Crippen LogP contribution in [0.4, 0.5) is 0 Å². The maximum absolute atomic E-state index is 12.4. The summed E-state index contributed by atoms with van der Waals surface area (Å²) < 4.78 is 10.4. The van der Waals surface area contributed by atoms with E-state index in [9.17, 15) is 4.79 Å². The van der Waals surface area contributed by atoms with E-state index < -0.39 is 6.04 Å². The number of rotatable bonds is 6. The van der Waals surface area contributed by atoms with E-state index in [0.717, 1.165) is 27.9 Å². The van der Waals surface area contributed by atoms with Gasteiger partial charge >= 0.3 is 5.97 Å². The Bertz CT molecular complexity index is 665. The zero-order chi connectivity index (χ0) is 17.5. The highest BCUT2D eigenvalue weighted by atomic mass is 32.2. The summed E-state index contributed by atoms with van der Waals surface area (Å²) in [5, 5.41) is 3.95. The number of ether oxygens (including phenoxy) is 2. The highest BCUT2D eigenvalue weighted by molar-refractivity contribution is 8.13. The molecule has 0 saturated carbocycles. The van der Waals surface area contributed by atoms with Crippen molar-refractivity contribution in [3.05, 3.63) is 53.8 Å². The number of amidine groups is 1. The van der Waals surface area contributed by atoms with Crippen molar-refractivity contribution in [3.63, 3.8) is 0 Å². The highest BCUT2D eigenvalue weighted by Crippen LogP contribution is 2.33. The number of carbonyl (C=O) groups excluding carboxylic acids is 1. The molecule has 128 valence electrons. The first-order chi connectivity index (χ1) is 11.6. The molecule has 6 heteroatoms. The van der Waals surface area contributed by atoms with Gasteiger partial charge in [-0.3, -0.25) is 0 Å². The third-order valence-corrected chi connectivity index (χ3v) is 4.37. The molecule has 0 amide bonds. The second-order valence-electron chi connectivity index (χ2n) is 5.09. The molecule has 1 aromatic carbocycles. The molecule has 0 aliphatic carbocycles. The molecule has 1 heterocycles. The van der Waals surface area contributed by atoms with Gasteiger partial charge in [-0.2, -0.15) is 0 Å². The summed E-state index contributed by atoms with van der Waals surface area (Å²) in [6.45, 7) is 7.71. The van der Waals surface area contributed by atoms with Crippen molar-refractivity contribution in [1.29, 1.82) is 0 Å². The van der Waals surface area contributed by atoms with Crippen LogP contribution in [-0.2, 0) is 9.53 Å². The van der Waals surface area contributed by atoms with E-state index in [4.69, 9.17) is 14.5 Å². The minimum atomic E-state index is -0.400. The van der Waals surface area contributed by atoms with Crippen LogP contribution in [0.5, 0.6) is 5.75 Å². The van der Waals surface area contributed by atoms with E-state index >= 15 is 0 Å². The molecule has 0 fully saturated rings. The standard InChI is InChI=1S/C18H22N2O3S/c1-5-11-24-18-19-12(3)15(17(21)23-6-2)16(20-18)13-7-9-14(22-4)10-8-13/h5,7-10,16H,1,6,11H2,2-4H3,(H,19,20). The van der Waals surface area contributed by atoms with E-state index in [2.05, 4.69) is 11.9 Å². The van der Waals surface area contributed by atoms with Crippen molar-refractivity contribution in [3.8, 4) is 5.75 Å². The lowest BCUT2D eigenvalue weighted by Gasteiger charge is -2.25. The Labute approximate surface area is 146 Å². The zero-order valence-corrected chi connectivity index (χ0v) is 15.0. The second-order valence-corrected chi connectivity index (χ2v) is 6.10. The monoisotopic (exact) mass is 346 g/mol. The molecular formula is C18H22N2O3S. The topological polar surface area (TPSA) is 59.9 Å². The minimum Gasteiger partial charge on any atom is -0.497 e. The van der Waals surface area contributed by atoms with Gasteiger partial charge in [-0.05, 0) is 31.5 Å². The molecule has 1 unspecified atom stereocenters. The van der Waals surface area contributed by atoms with Crippen LogP contribution in [0.1, 0.15) is 25.5 Å². The predicted octanol–water partition coefficient (Wildman–Crippen LogP) is 3.45. The van der Waals surface area contributed by atoms with Gasteiger partial charge in [-0.1, -0.05) is 30.0 Å². The maximum Gasteiger partial charge on any atom is 0.338 e. The van der Waals surface area contributed by atoms with Crippen molar-refractivity contribution in [2.45, 2.75) is 19.9 Å². The van der Waals surface area contributed by atoms with Gasteiger partial charge in [0, 0.05) is 11.4 Å². The Balaban J connectivity index is 2.39. The number of nitrogens with one attached hydrogen (secondary N) is 1. The molecule has 1 aliphatic heterocycles. The molecule has 0 spiro atoms. The van der Waals surface area contributed by atoms with Gasteiger partial charge in [0.25, 0.3) is 0 Å². The molecule has 0 bridgehead atoms. The lowest BCUT2D eigenvalue weighted by molar-refractivity contribution is -0.138. The van der Waals surface area contributed by atoms with Crippen LogP contribution in [0.2, 0.25) is 0 Å². The molecule has 24 heavy (non-hydrogen) atoms. The van der Waals surface area contributed by atoms with E-state index in [1.165, 1.54) is 0 Å². The summed E-state index contributed by atoms with van der Waals surface area (Å²) in [5.74, 6) is 1.15. The van der Waals surface area contributed by atoms with E-state index in [1.54, 1.807) is 25.8 Å². The fourth-order valence-corrected chi connectivity index (χ4v) is 3.04. The fraction of sp³-hybridized carbons (Fsp3) is 0.333. The highest BCUT2D eigenvalue weighted by Gasteiger charge is 2.30. The normalized spacial score (nSPS) is 17.0. The number of hydrogen-bond donors (Lipinski definition) is 1. The average molecular weight is 346 g/mol. The van der Waals surface area contributed by atoms with Crippen molar-refractivity contribution < 1.29 is 14.3 Å². The van der Waals surface area contributed by atoms with Crippen molar-refractivity contribution >= 4 is 22.9 Å². The van der Waals surface area contributed by atoms with Crippen LogP contribution in [-0.4, -0.2) is 30.6 Å². The van der Waals surface area contributed by atoms with Gasteiger partial charge in [-0.15, -0.1) is 6.58 Å². The number of methoxy groups -OCH3 is 1. The lowest BCUT2D eigenvalue weighted by Crippen LogP contribution is -2.30. The first kappa shape index (κ1) is 18.1. The van der Waals surface area contributed by atoms with E-state index in [-0.39, 0.29) is 5.97 Å². The zero-order valence-electron chi connectivity index (χ0n) is 14.2. The Morgan fingerprint density at radius 3 is 2.71 bits per heavy atom. The molecule has 1 aromatic rings. The first-order valence-corrected chi connectivity index (χ1v) is 8.69. The molecular weight excluding hydrogens is 324 g/mol. The fourth-order valence-electron chi connectivity index (χ4n) is 2.36. The van der Waals surface area contributed by atoms with Gasteiger partial charge in [0.1, 0.15) is 11.8 Å². The maximum atomic E-state index is 12.4. The number of allylic oxidation sites excluding steroid dienone is 1. The summed E-state index contributed by atoms with van der Waals surface area (Å²) in [6, 6.07) is 7.16. The predicted molar refractivity (Wildman–Crippen MR) is 98.3 cm³/mol. The molecule has 1 aliphatic rings. The van der Waals surface area contributed by atoms with Crippen LogP contribution in [0, 0.1) is 0 Å². The third kappa shape index (κ3) is 4.20. The average Bonchev–Trinajstić information content (AvgIpc) is 2.59. The largest absolute Gasteiger partial charge is 0.497 e. The molecule has 0 saturated heterocycles. The number of hydrogen-bond acceptors (Lipinski definition) is 6. The quantitative estimate of drug-likeness (QED) is 0.631. The lowest BCUT2D eigenvalue weighted by atomic mass is 9.96. The van der Waals surface area contributed by atoms with E-state index in [0.29, 0.717) is 12.2 Å². The number of benzene rings is 1. The van der Waals surface area contributed by atoms with Crippen molar-refractivity contribution in [1.82, 2.24) is 5.32 Å². The number of nitrogens with zero attached hydrogens (tertiary/aromatic N) is 1. The first-order valence-electron chi connectivity index (χ1n) is 7.71. The molecule has 5 nitrogen and oxygen atoms in total. The molecule has 0 aromatic heterocycles. The van der Waals surface area contributed by atoms with Crippen LogP contribution in [0.25, 0.3) is 0 Å². The summed E-state index contributed by atoms with van der Waals surface area (Å²) >= 11 is 1.54. The van der Waals surface area contributed by atoms with Gasteiger partial charge in [0.2, 0.25) is 0 Å². The number of esters is 1. The van der Waals surface area contributed by atoms with Gasteiger partial charge in [-0.25, -0.2) is 9.79 Å². The Hall–Kier alpha value is -2.21. The number of carbonyl (C=O) groups is 1. The summed E-state index contributed by atoms with van der Waals surface area (Å²) in [5.41, 5.74) is 2.21. The molecule has 2 rings (SSSR count). The summed E-state index contributed by atoms with van der Waals surface area (Å²) in [6.07, 6.45) is 1.82. The number of thioether (sulfide) groups is 1. The van der Waals surface area contributed by atoms with Gasteiger partial charge in [0.05, 0.1) is 19.3 Å². The molecule has 1 atom stereocenters. The summed E-state index contributed by atoms with van der Waals surface area (Å²) in [7, 11) is 1.62. The van der Waals surface area contributed by atoms with Crippen LogP contribution in [0.15, 0.2) is 53.2 Å². The van der Waals surface area contributed by atoms with Crippen LogP contribution >= 0.6 is 11.8 Å². The number of aliphatic imine (C=N–C) groups is 1. The van der Waals surface area contributed by atoms with Crippen molar-refractivity contribution in [2.24, 2.45) is 4.99 Å². The Morgan fingerprint density at radius 2 is 2.12 bits per heavy atom. The molecule has 1 N–H and O–H groups in total. The van der Waals surface area contributed by atoms with Gasteiger partial charge in [0.15, 0.2) is 5.17 Å². The SMILES string of the molecule is C=CCSC1=NC(c2ccc(OC)cc2)C(C(=O)OCC)=C(C)N1. The Kier molecular flexibility index (Phi) is 6.49. The molecule has 0 radical (unpaired) electrons. The van der Waals surface area contributed by atoms with Gasteiger partial charge < -0.3 is 14.8 Å². The smallest absolute Gasteiger partial charge is 0.338 e. The van der Waals surface area contributed by atoms with Crippen molar-refractivity contribution in [2.75, 3.05) is 19.5 Å². The summed E-state index contributed by atoms with van der Waals surface area (Å²) in [4.78, 5) is 17.1. The minimum absolute atomic E-state index is 0.326. The third-order valence-electron chi connectivity index (χ3n) is 3.48. The van der Waals surface area contributed by atoms with Crippen LogP contribution < -0.4 is 10.1 Å².